The lowest BCUT2D eigenvalue weighted by Crippen LogP contribution is -2.24. The second kappa shape index (κ2) is 4.87. The lowest BCUT2D eigenvalue weighted by atomic mass is 10.1. The van der Waals surface area contributed by atoms with E-state index in [1.165, 1.54) is 18.3 Å². The molecule has 18 heavy (non-hydrogen) atoms. The number of hydrogen-bond acceptors (Lipinski definition) is 3. The molecule has 0 spiro atoms. The maximum atomic E-state index is 13.5. The summed E-state index contributed by atoms with van der Waals surface area (Å²) >= 11 is 0. The average molecular weight is 248 g/mol. The number of carbonyl (C=O) groups excluding carboxylic acids is 1. The third-order valence-electron chi connectivity index (χ3n) is 2.56. The molecule has 94 valence electrons. The van der Waals surface area contributed by atoms with Gasteiger partial charge in [-0.05, 0) is 24.6 Å². The first kappa shape index (κ1) is 12.1. The zero-order valence-corrected chi connectivity index (χ0v) is 9.83. The molecule has 0 atom stereocenters. The Labute approximate surface area is 103 Å². The number of benzene rings is 1. The van der Waals surface area contributed by atoms with Crippen molar-refractivity contribution < 1.29 is 9.18 Å². The molecule has 0 aliphatic carbocycles. The first-order valence-corrected chi connectivity index (χ1v) is 5.40. The lowest BCUT2D eigenvalue weighted by molar-refractivity contribution is 0.0947. The number of nitrogen functional groups attached to an aromatic ring is 1. The van der Waals surface area contributed by atoms with Crippen LogP contribution >= 0.6 is 0 Å². The molecule has 1 heterocycles. The van der Waals surface area contributed by atoms with Crippen molar-refractivity contribution in [1.29, 1.82) is 0 Å². The minimum absolute atomic E-state index is 0.0164. The first-order chi connectivity index (χ1) is 8.58. The van der Waals surface area contributed by atoms with Crippen LogP contribution in [0.25, 0.3) is 0 Å². The number of hydrogen-bond donors (Lipinski definition) is 3. The van der Waals surface area contributed by atoms with Crippen LogP contribution in [0.5, 0.6) is 0 Å². The van der Waals surface area contributed by atoms with Crippen molar-refractivity contribution in [2.45, 2.75) is 13.5 Å². The van der Waals surface area contributed by atoms with Gasteiger partial charge in [0.15, 0.2) is 0 Å². The lowest BCUT2D eigenvalue weighted by Gasteiger charge is -2.06. The minimum atomic E-state index is -0.535. The molecule has 0 aliphatic rings. The quantitative estimate of drug-likeness (QED) is 0.767. The summed E-state index contributed by atoms with van der Waals surface area (Å²) in [7, 11) is 0. The molecular formula is C12H13FN4O. The summed E-state index contributed by atoms with van der Waals surface area (Å²) in [5, 5.41) is 8.86. The molecule has 2 rings (SSSR count). The van der Waals surface area contributed by atoms with Gasteiger partial charge in [0.25, 0.3) is 5.91 Å². The summed E-state index contributed by atoms with van der Waals surface area (Å²) in [4.78, 5) is 11.8. The van der Waals surface area contributed by atoms with Gasteiger partial charge in [0, 0.05) is 12.1 Å². The van der Waals surface area contributed by atoms with Crippen LogP contribution in [0, 0.1) is 12.7 Å². The summed E-state index contributed by atoms with van der Waals surface area (Å²) in [5.74, 6) is -0.625. The zero-order valence-electron chi connectivity index (χ0n) is 9.83. The zero-order chi connectivity index (χ0) is 13.1. The van der Waals surface area contributed by atoms with Gasteiger partial charge in [-0.1, -0.05) is 6.07 Å². The van der Waals surface area contributed by atoms with E-state index >= 15 is 0 Å². The Hall–Kier alpha value is -2.37. The van der Waals surface area contributed by atoms with E-state index < -0.39 is 11.7 Å². The van der Waals surface area contributed by atoms with Crippen LogP contribution in [0.1, 0.15) is 21.5 Å². The predicted molar refractivity (Wildman–Crippen MR) is 65.3 cm³/mol. The third kappa shape index (κ3) is 2.48. The number of H-pyrrole nitrogens is 1. The van der Waals surface area contributed by atoms with Gasteiger partial charge < -0.3 is 11.1 Å². The SMILES string of the molecule is Cc1ccc(C(=O)NCc2cn[nH]c2N)c(F)c1. The van der Waals surface area contributed by atoms with E-state index in [9.17, 15) is 9.18 Å². The van der Waals surface area contributed by atoms with E-state index in [4.69, 9.17) is 5.73 Å². The number of nitrogens with zero attached hydrogens (tertiary/aromatic N) is 1. The average Bonchev–Trinajstić information content (AvgIpc) is 2.72. The number of amides is 1. The van der Waals surface area contributed by atoms with Gasteiger partial charge >= 0.3 is 0 Å². The number of nitrogens with two attached hydrogens (primary N) is 1. The first-order valence-electron chi connectivity index (χ1n) is 5.40. The Bertz CT molecular complexity index is 579. The van der Waals surface area contributed by atoms with Crippen molar-refractivity contribution in [3.8, 4) is 0 Å². The van der Waals surface area contributed by atoms with Crippen molar-refractivity contribution in [1.82, 2.24) is 15.5 Å². The Morgan fingerprint density at radius 2 is 2.33 bits per heavy atom. The topological polar surface area (TPSA) is 83.8 Å². The van der Waals surface area contributed by atoms with E-state index in [2.05, 4.69) is 15.5 Å². The summed E-state index contributed by atoms with van der Waals surface area (Å²) < 4.78 is 13.5. The molecular weight excluding hydrogens is 235 g/mol. The molecule has 2 aromatic rings. The van der Waals surface area contributed by atoms with E-state index in [1.807, 2.05) is 0 Å². The molecule has 0 saturated heterocycles. The van der Waals surface area contributed by atoms with E-state index in [0.717, 1.165) is 5.56 Å². The Morgan fingerprint density at radius 3 is 2.94 bits per heavy atom. The Kier molecular flexibility index (Phi) is 3.27. The van der Waals surface area contributed by atoms with Crippen molar-refractivity contribution in [3.05, 3.63) is 46.9 Å². The smallest absolute Gasteiger partial charge is 0.254 e. The fourth-order valence-electron chi connectivity index (χ4n) is 1.54. The molecule has 0 saturated carbocycles. The third-order valence-corrected chi connectivity index (χ3v) is 2.56. The highest BCUT2D eigenvalue weighted by molar-refractivity contribution is 5.94. The minimum Gasteiger partial charge on any atom is -0.384 e. The number of rotatable bonds is 3. The van der Waals surface area contributed by atoms with Gasteiger partial charge in [-0.2, -0.15) is 5.10 Å². The predicted octanol–water partition coefficient (Wildman–Crippen LogP) is 1.37. The van der Waals surface area contributed by atoms with Crippen LogP contribution in [-0.2, 0) is 6.54 Å². The van der Waals surface area contributed by atoms with Gasteiger partial charge in [0.1, 0.15) is 11.6 Å². The fraction of sp³-hybridized carbons (Fsp3) is 0.167. The van der Waals surface area contributed by atoms with Crippen LogP contribution in [0.15, 0.2) is 24.4 Å². The number of anilines is 1. The summed E-state index contributed by atoms with van der Waals surface area (Å²) in [6.07, 6.45) is 1.51. The molecule has 0 bridgehead atoms. The van der Waals surface area contributed by atoms with Crippen LogP contribution < -0.4 is 11.1 Å². The van der Waals surface area contributed by atoms with Crippen LogP contribution in [0.3, 0.4) is 0 Å². The van der Waals surface area contributed by atoms with Crippen LogP contribution in [0.4, 0.5) is 10.2 Å². The van der Waals surface area contributed by atoms with Crippen molar-refractivity contribution in [2.75, 3.05) is 5.73 Å². The highest BCUT2D eigenvalue weighted by Gasteiger charge is 2.12. The number of aromatic nitrogens is 2. The largest absolute Gasteiger partial charge is 0.384 e. The van der Waals surface area contributed by atoms with Crippen molar-refractivity contribution in [3.63, 3.8) is 0 Å². The second-order valence-corrected chi connectivity index (χ2v) is 3.97. The fourth-order valence-corrected chi connectivity index (χ4v) is 1.54. The molecule has 0 aliphatic heterocycles. The molecule has 1 aromatic heterocycles. The monoisotopic (exact) mass is 248 g/mol. The van der Waals surface area contributed by atoms with Crippen molar-refractivity contribution in [2.24, 2.45) is 0 Å². The van der Waals surface area contributed by atoms with Gasteiger partial charge in [-0.25, -0.2) is 4.39 Å². The Morgan fingerprint density at radius 1 is 1.56 bits per heavy atom. The molecule has 1 aromatic carbocycles. The molecule has 6 heteroatoms. The van der Waals surface area contributed by atoms with Gasteiger partial charge in [-0.15, -0.1) is 0 Å². The summed E-state index contributed by atoms with van der Waals surface area (Å²) in [5.41, 5.74) is 7.02. The second-order valence-electron chi connectivity index (χ2n) is 3.97. The summed E-state index contributed by atoms with van der Waals surface area (Å²) in [6.45, 7) is 1.96. The van der Waals surface area contributed by atoms with Gasteiger partial charge in [0.2, 0.25) is 0 Å². The number of carbonyl (C=O) groups is 1. The molecule has 4 N–H and O–H groups in total. The van der Waals surface area contributed by atoms with Gasteiger partial charge in [0.05, 0.1) is 11.8 Å². The molecule has 0 radical (unpaired) electrons. The summed E-state index contributed by atoms with van der Waals surface area (Å²) in [6, 6.07) is 4.46. The highest BCUT2D eigenvalue weighted by atomic mass is 19.1. The molecule has 0 unspecified atom stereocenters. The number of aromatic amines is 1. The van der Waals surface area contributed by atoms with Crippen LogP contribution in [0.2, 0.25) is 0 Å². The highest BCUT2D eigenvalue weighted by Crippen LogP contribution is 2.11. The molecule has 1 amide bonds. The van der Waals surface area contributed by atoms with Crippen molar-refractivity contribution >= 4 is 11.7 Å². The van der Waals surface area contributed by atoms with E-state index in [-0.39, 0.29) is 12.1 Å². The van der Waals surface area contributed by atoms with Crippen LogP contribution in [-0.4, -0.2) is 16.1 Å². The Balaban J connectivity index is 2.06. The normalized spacial score (nSPS) is 10.3. The van der Waals surface area contributed by atoms with E-state index in [0.29, 0.717) is 11.4 Å². The molecule has 0 fully saturated rings. The number of nitrogens with one attached hydrogen (secondary N) is 2. The van der Waals surface area contributed by atoms with Gasteiger partial charge in [-0.3, -0.25) is 9.89 Å². The maximum Gasteiger partial charge on any atom is 0.254 e. The maximum absolute atomic E-state index is 13.5. The number of halogens is 1. The number of aryl methyl sites for hydroxylation is 1. The van der Waals surface area contributed by atoms with E-state index in [1.54, 1.807) is 13.0 Å². The molecule has 5 nitrogen and oxygen atoms in total. The standard InChI is InChI=1S/C12H13FN4O/c1-7-2-3-9(10(13)4-7)12(18)15-5-8-6-16-17-11(8)14/h2-4,6H,5H2,1H3,(H,15,18)(H3,14,16,17).